The van der Waals surface area contributed by atoms with Gasteiger partial charge in [0, 0.05) is 38.3 Å². The fourth-order valence-corrected chi connectivity index (χ4v) is 5.90. The van der Waals surface area contributed by atoms with E-state index in [1.54, 1.807) is 42.9 Å². The number of esters is 1. The molecule has 0 aliphatic carbocycles. The molecule has 0 saturated carbocycles. The van der Waals surface area contributed by atoms with Crippen molar-refractivity contribution in [3.8, 4) is 0 Å². The number of hydrogen-bond donors (Lipinski definition) is 3. The molecule has 3 atom stereocenters. The second-order valence-corrected chi connectivity index (χ2v) is 12.9. The van der Waals surface area contributed by atoms with Crippen molar-refractivity contribution in [3.63, 3.8) is 0 Å². The van der Waals surface area contributed by atoms with Crippen LogP contribution in [0.1, 0.15) is 37.9 Å². The van der Waals surface area contributed by atoms with E-state index < -0.39 is 51.5 Å². The predicted octanol–water partition coefficient (Wildman–Crippen LogP) is 0.468. The van der Waals surface area contributed by atoms with Gasteiger partial charge in [-0.1, -0.05) is 42.5 Å². The Labute approximate surface area is 246 Å². The first-order valence-corrected chi connectivity index (χ1v) is 15.5. The van der Waals surface area contributed by atoms with E-state index in [1.165, 1.54) is 7.11 Å². The van der Waals surface area contributed by atoms with Gasteiger partial charge in [-0.2, -0.15) is 0 Å². The fraction of sp³-hybridized carbons (Fsp3) is 0.519. The quantitative estimate of drug-likeness (QED) is 0.231. The normalized spacial score (nSPS) is 17.0. The number of aryl methyl sites for hydroxylation is 1. The van der Waals surface area contributed by atoms with E-state index in [9.17, 15) is 22.8 Å². The van der Waals surface area contributed by atoms with Gasteiger partial charge in [-0.05, 0) is 32.3 Å². The molecule has 1 aromatic heterocycles. The van der Waals surface area contributed by atoms with E-state index in [0.717, 1.165) is 11.8 Å². The summed E-state index contributed by atoms with van der Waals surface area (Å²) in [5.41, 5.74) is 0.300. The summed E-state index contributed by atoms with van der Waals surface area (Å²) in [5, 5.41) is 5.83. The zero-order valence-electron chi connectivity index (χ0n) is 23.9. The third-order valence-corrected chi connectivity index (χ3v) is 7.99. The van der Waals surface area contributed by atoms with Crippen molar-refractivity contribution in [1.29, 1.82) is 0 Å². The van der Waals surface area contributed by atoms with Crippen molar-refractivity contribution in [1.82, 2.24) is 29.8 Å². The minimum atomic E-state index is -3.70. The van der Waals surface area contributed by atoms with Gasteiger partial charge in [0.05, 0.1) is 30.7 Å². The summed E-state index contributed by atoms with van der Waals surface area (Å²) in [4.78, 5) is 45.3. The van der Waals surface area contributed by atoms with Crippen LogP contribution in [-0.2, 0) is 49.0 Å². The molecule has 0 spiro atoms. The highest BCUT2D eigenvalue weighted by atomic mass is 32.2. The zero-order chi connectivity index (χ0) is 30.4. The number of nitrogens with one attached hydrogen (secondary N) is 3. The molecule has 224 valence electrons. The highest BCUT2D eigenvalue weighted by Crippen LogP contribution is 2.22. The average Bonchev–Trinajstić information content (AvgIpc) is 3.56. The maximum absolute atomic E-state index is 13.7. The van der Waals surface area contributed by atoms with Gasteiger partial charge in [0.1, 0.15) is 17.6 Å². The predicted molar refractivity (Wildman–Crippen MR) is 157 cm³/mol. The lowest BCUT2D eigenvalue weighted by molar-refractivity contribution is -0.145. The van der Waals surface area contributed by atoms with Crippen LogP contribution >= 0.6 is 12.2 Å². The van der Waals surface area contributed by atoms with Crippen molar-refractivity contribution in [2.45, 2.75) is 63.2 Å². The van der Waals surface area contributed by atoms with Crippen LogP contribution < -0.4 is 15.4 Å². The topological polar surface area (TPSA) is 152 Å². The van der Waals surface area contributed by atoms with E-state index in [2.05, 4.69) is 20.3 Å². The number of thiocarbonyl (C=S) groups is 1. The van der Waals surface area contributed by atoms with E-state index in [4.69, 9.17) is 17.0 Å². The van der Waals surface area contributed by atoms with Crippen molar-refractivity contribution in [2.75, 3.05) is 19.9 Å². The van der Waals surface area contributed by atoms with E-state index in [1.807, 2.05) is 30.3 Å². The summed E-state index contributed by atoms with van der Waals surface area (Å²) in [5.74, 6) is -1.47. The number of imidazole rings is 1. The van der Waals surface area contributed by atoms with Crippen LogP contribution in [0.2, 0.25) is 0 Å². The van der Waals surface area contributed by atoms with Crippen LogP contribution in [0.15, 0.2) is 42.9 Å². The van der Waals surface area contributed by atoms with Crippen molar-refractivity contribution < 1.29 is 27.5 Å². The van der Waals surface area contributed by atoms with Crippen molar-refractivity contribution in [3.05, 3.63) is 54.1 Å². The number of amides is 2. The monoisotopic (exact) mass is 606 g/mol. The van der Waals surface area contributed by atoms with Gasteiger partial charge in [-0.3, -0.25) is 9.59 Å². The fourth-order valence-electron chi connectivity index (χ4n) is 4.70. The lowest BCUT2D eigenvalue weighted by Crippen LogP contribution is -2.61. The molecule has 2 heterocycles. The second kappa shape index (κ2) is 13.5. The molecule has 3 N–H and O–H groups in total. The molecular formula is C27H38N6O6S2. The first-order chi connectivity index (χ1) is 19.2. The third-order valence-electron chi connectivity index (χ3n) is 6.90. The molecule has 0 radical (unpaired) electrons. The molecule has 1 aromatic carbocycles. The molecule has 12 nitrogen and oxygen atoms in total. The van der Waals surface area contributed by atoms with Gasteiger partial charge in [-0.15, -0.1) is 0 Å². The summed E-state index contributed by atoms with van der Waals surface area (Å²) >= 11 is 5.67. The Morgan fingerprint density at radius 1 is 1.17 bits per heavy atom. The van der Waals surface area contributed by atoms with Gasteiger partial charge >= 0.3 is 5.97 Å². The van der Waals surface area contributed by atoms with Gasteiger partial charge in [-0.25, -0.2) is 22.9 Å². The second-order valence-electron chi connectivity index (χ2n) is 10.7. The van der Waals surface area contributed by atoms with E-state index in [-0.39, 0.29) is 17.8 Å². The molecule has 1 aliphatic rings. The molecule has 2 aromatic rings. The number of nitrogens with zero attached hydrogens (tertiary/aromatic N) is 3. The van der Waals surface area contributed by atoms with Gasteiger partial charge in [0.15, 0.2) is 0 Å². The smallest absolute Gasteiger partial charge is 0.328 e. The SMILES string of the molecule is COC(=O)[C@H](Cc1ccccc1)NC(=O)C(C)(C)NC(=S)[C@H]1CCCN1C(=O)[C@H](Cc1cncn1C)NS(C)(=O)=O. The first kappa shape index (κ1) is 32.2. The average molecular weight is 607 g/mol. The van der Waals surface area contributed by atoms with Crippen LogP contribution in [-0.4, -0.2) is 89.2 Å². The molecule has 1 fully saturated rings. The lowest BCUT2D eigenvalue weighted by atomic mass is 10.0. The molecule has 14 heteroatoms. The van der Waals surface area contributed by atoms with Gasteiger partial charge < -0.3 is 24.8 Å². The molecule has 0 unspecified atom stereocenters. The number of benzene rings is 1. The van der Waals surface area contributed by atoms with Gasteiger partial charge in [0.2, 0.25) is 21.8 Å². The largest absolute Gasteiger partial charge is 0.467 e. The van der Waals surface area contributed by atoms with Crippen LogP contribution in [0.4, 0.5) is 0 Å². The van der Waals surface area contributed by atoms with Crippen LogP contribution in [0, 0.1) is 0 Å². The lowest BCUT2D eigenvalue weighted by Gasteiger charge is -2.34. The van der Waals surface area contributed by atoms with Crippen molar-refractivity contribution in [2.24, 2.45) is 7.05 Å². The zero-order valence-corrected chi connectivity index (χ0v) is 25.5. The van der Waals surface area contributed by atoms with Crippen molar-refractivity contribution >= 4 is 45.0 Å². The minimum absolute atomic E-state index is 0.107. The Balaban J connectivity index is 1.72. The van der Waals surface area contributed by atoms with Crippen LogP contribution in [0.5, 0.6) is 0 Å². The van der Waals surface area contributed by atoms with Crippen LogP contribution in [0.25, 0.3) is 0 Å². The molecule has 0 bridgehead atoms. The number of carbonyl (C=O) groups is 3. The van der Waals surface area contributed by atoms with E-state index in [0.29, 0.717) is 25.1 Å². The number of aromatic nitrogens is 2. The Morgan fingerprint density at radius 3 is 2.44 bits per heavy atom. The molecular weight excluding hydrogens is 568 g/mol. The standard InChI is InChI=1S/C27H38N6O6S2/c1-27(2,26(36)29-21(25(35)39-4)14-18-10-7-6-8-11-18)30-23(40)22-12-9-13-33(22)24(34)20(31-41(5,37)38)15-19-16-28-17-32(19)3/h6-8,10-11,16-17,20-22,31H,9,12-15H2,1-5H3,(H,29,36)(H,30,40)/t20-,21-,22+/m0/s1. The summed E-state index contributed by atoms with van der Waals surface area (Å²) in [6.07, 6.45) is 5.72. The number of methoxy groups -OCH3 is 1. The third kappa shape index (κ3) is 8.81. The van der Waals surface area contributed by atoms with Gasteiger partial charge in [0.25, 0.3) is 0 Å². The van der Waals surface area contributed by atoms with E-state index >= 15 is 0 Å². The minimum Gasteiger partial charge on any atom is -0.467 e. The Morgan fingerprint density at radius 2 is 1.85 bits per heavy atom. The Kier molecular flexibility index (Phi) is 10.6. The maximum Gasteiger partial charge on any atom is 0.328 e. The maximum atomic E-state index is 13.7. The number of hydrogen-bond acceptors (Lipinski definition) is 8. The highest BCUT2D eigenvalue weighted by Gasteiger charge is 2.40. The summed E-state index contributed by atoms with van der Waals surface area (Å²) in [6.45, 7) is 3.64. The molecule has 41 heavy (non-hydrogen) atoms. The van der Waals surface area contributed by atoms with Crippen LogP contribution in [0.3, 0.4) is 0 Å². The Hall–Kier alpha value is -3.36. The number of carbonyl (C=O) groups excluding carboxylic acids is 3. The summed E-state index contributed by atoms with van der Waals surface area (Å²) < 4.78 is 33.3. The molecule has 3 rings (SSSR count). The summed E-state index contributed by atoms with van der Waals surface area (Å²) in [7, 11) is -0.677. The number of rotatable bonds is 12. The molecule has 1 aliphatic heterocycles. The molecule has 2 amide bonds. The highest BCUT2D eigenvalue weighted by molar-refractivity contribution is 7.88. The first-order valence-electron chi connectivity index (χ1n) is 13.2. The summed E-state index contributed by atoms with van der Waals surface area (Å²) in [6, 6.07) is 6.74. The number of likely N-dealkylation sites (tertiary alicyclic amines) is 1. The Bertz CT molecular complexity index is 1360. The molecule has 1 saturated heterocycles. The number of ether oxygens (including phenoxy) is 1. The number of sulfonamides is 1.